The number of hydrogen-bond donors (Lipinski definition) is 0. The van der Waals surface area contributed by atoms with Crippen LogP contribution < -0.4 is 0 Å². The Morgan fingerprint density at radius 3 is 1.50 bits per heavy atom. The average molecular weight is 252 g/mol. The number of rotatable bonds is 3. The Hall–Kier alpha value is 1.74. The van der Waals surface area contributed by atoms with Crippen LogP contribution >= 0.6 is 18.4 Å². The molecule has 0 nitrogen and oxygen atoms in total. The molecule has 0 atom stereocenters. The summed E-state index contributed by atoms with van der Waals surface area (Å²) in [6.45, 7) is 0. The summed E-state index contributed by atoms with van der Waals surface area (Å²) in [5, 5.41) is 0. The van der Waals surface area contributed by atoms with Crippen molar-refractivity contribution in [2.24, 2.45) is 0 Å². The summed E-state index contributed by atoms with van der Waals surface area (Å²) >= 11 is 1.64. The van der Waals surface area contributed by atoms with Crippen molar-refractivity contribution >= 4 is 46.1 Å². The molecule has 0 fully saturated rings. The second-order valence-corrected chi connectivity index (χ2v) is 11.6. The van der Waals surface area contributed by atoms with Gasteiger partial charge in [-0.1, -0.05) is 0 Å². The van der Waals surface area contributed by atoms with Gasteiger partial charge in [-0.05, 0) is 0 Å². The Bertz CT molecular complexity index is 21.5. The third-order valence-electron chi connectivity index (χ3n) is 0.164. The quantitative estimate of drug-likeness (QED) is 0.426. The first kappa shape index (κ1) is 7.74. The van der Waals surface area contributed by atoms with Gasteiger partial charge in [-0.25, -0.2) is 0 Å². The topological polar surface area (TPSA) is 0 Å². The first-order chi connectivity index (χ1) is 2.91. The molecule has 0 radical (unpaired) electrons. The Morgan fingerprint density at radius 2 is 1.33 bits per heavy atom. The molecule has 0 aliphatic carbocycles. The second-order valence-electron chi connectivity index (χ2n) is 0.469. The summed E-state index contributed by atoms with van der Waals surface area (Å²) in [5.74, 6) is 4.49. The van der Waals surface area contributed by atoms with Gasteiger partial charge in [-0.3, -0.25) is 0 Å². The maximum absolute atomic E-state index is 2.25. The van der Waals surface area contributed by atoms with Crippen LogP contribution in [0, 0.1) is 0 Å². The summed E-state index contributed by atoms with van der Waals surface area (Å²) in [7, 11) is 4.03. The molecule has 0 heterocycles. The Morgan fingerprint density at radius 1 is 1.00 bits per heavy atom. The van der Waals surface area contributed by atoms with E-state index in [-0.39, 0.29) is 0 Å². The molecule has 0 spiro atoms. The van der Waals surface area contributed by atoms with Gasteiger partial charge in [0.05, 0.1) is 0 Å². The van der Waals surface area contributed by atoms with Gasteiger partial charge < -0.3 is 0 Å². The van der Waals surface area contributed by atoms with Crippen molar-refractivity contribution in [3.8, 4) is 0 Å². The molecule has 0 amide bonds. The number of hydrogen-bond acceptors (Lipinski definition) is 2. The first-order valence-corrected chi connectivity index (χ1v) is 10.9. The predicted molar refractivity (Wildman–Crippen MR) is 38.4 cm³/mol. The van der Waals surface area contributed by atoms with Gasteiger partial charge in [0.15, 0.2) is 0 Å². The van der Waals surface area contributed by atoms with E-state index in [4.69, 9.17) is 0 Å². The molecule has 0 N–H and O–H groups in total. The van der Waals surface area contributed by atoms with Crippen molar-refractivity contribution in [1.82, 2.24) is 0 Å². The minimum atomic E-state index is 0.822. The van der Waals surface area contributed by atoms with Gasteiger partial charge in [0.25, 0.3) is 0 Å². The van der Waals surface area contributed by atoms with Crippen LogP contribution in [0.1, 0.15) is 0 Å². The molecule has 0 aliphatic heterocycles. The van der Waals surface area contributed by atoms with Crippen LogP contribution in [0.25, 0.3) is 0 Å². The van der Waals surface area contributed by atoms with E-state index >= 15 is 0 Å². The summed E-state index contributed by atoms with van der Waals surface area (Å²) in [5.41, 5.74) is 0. The normalized spacial score (nSPS) is 9.00. The fourth-order valence-electron chi connectivity index (χ4n) is 0.0556. The van der Waals surface area contributed by atoms with E-state index in [1.54, 1.807) is 0 Å². The molecule has 0 saturated heterocycles. The van der Waals surface area contributed by atoms with Crippen LogP contribution in [0.3, 0.4) is 0 Å². The van der Waals surface area contributed by atoms with E-state index in [0.29, 0.717) is 0 Å². The van der Waals surface area contributed by atoms with Crippen LogP contribution in [-0.4, -0.2) is 27.7 Å². The van der Waals surface area contributed by atoms with Crippen molar-refractivity contribution in [3.05, 3.63) is 0 Å². The van der Waals surface area contributed by atoms with Crippen LogP contribution in [-0.2, 0) is 0 Å². The molecule has 4 heteroatoms. The molecule has 0 aromatic rings. The maximum atomic E-state index is 2.25. The molecule has 0 unspecified atom stereocenters. The Kier molecular flexibility index (Phi) is 8.69. The van der Waals surface area contributed by atoms with Crippen LogP contribution in [0.2, 0.25) is 11.6 Å². The minimum absolute atomic E-state index is 0.822. The van der Waals surface area contributed by atoms with Crippen molar-refractivity contribution < 1.29 is 0 Å². The third kappa shape index (κ3) is 5.74. The molecule has 0 aliphatic rings. The first-order valence-electron chi connectivity index (χ1n) is 1.32. The SMILES string of the molecule is C[Se]SS[Se]C. The van der Waals surface area contributed by atoms with Gasteiger partial charge >= 0.3 is 57.7 Å². The van der Waals surface area contributed by atoms with E-state index in [1.807, 2.05) is 18.4 Å². The predicted octanol–water partition coefficient (Wildman–Crippen LogP) is 1.70. The molecule has 0 aromatic heterocycles. The molecule has 0 aromatic carbocycles. The van der Waals surface area contributed by atoms with Crippen LogP contribution in [0.15, 0.2) is 0 Å². The van der Waals surface area contributed by atoms with Gasteiger partial charge in [-0.2, -0.15) is 0 Å². The van der Waals surface area contributed by atoms with Crippen molar-refractivity contribution in [2.45, 2.75) is 11.6 Å². The zero-order valence-corrected chi connectivity index (χ0v) is 8.69. The van der Waals surface area contributed by atoms with E-state index < -0.39 is 0 Å². The molecule has 0 saturated carbocycles. The summed E-state index contributed by atoms with van der Waals surface area (Å²) in [4.78, 5) is 0. The fourth-order valence-corrected chi connectivity index (χ4v) is 13.5. The summed E-state index contributed by atoms with van der Waals surface area (Å²) < 4.78 is 0. The Labute approximate surface area is 57.4 Å². The van der Waals surface area contributed by atoms with E-state index in [9.17, 15) is 0 Å². The Balaban J connectivity index is 2.34. The molecule has 0 bridgehead atoms. The van der Waals surface area contributed by atoms with Gasteiger partial charge in [-0.15, -0.1) is 0 Å². The summed E-state index contributed by atoms with van der Waals surface area (Å²) in [6, 6.07) is 0. The molecule has 0 rings (SSSR count). The van der Waals surface area contributed by atoms with Gasteiger partial charge in [0.2, 0.25) is 0 Å². The van der Waals surface area contributed by atoms with Crippen LogP contribution in [0.4, 0.5) is 0 Å². The fraction of sp³-hybridized carbons (Fsp3) is 1.00. The van der Waals surface area contributed by atoms with Crippen molar-refractivity contribution in [1.29, 1.82) is 0 Å². The zero-order valence-electron chi connectivity index (χ0n) is 3.63. The molecular weight excluding hydrogens is 246 g/mol. The molecule has 6 heavy (non-hydrogen) atoms. The van der Waals surface area contributed by atoms with Gasteiger partial charge in [0, 0.05) is 0 Å². The third-order valence-corrected chi connectivity index (χ3v) is 13.1. The van der Waals surface area contributed by atoms with Crippen molar-refractivity contribution in [3.63, 3.8) is 0 Å². The van der Waals surface area contributed by atoms with E-state index in [2.05, 4.69) is 11.6 Å². The van der Waals surface area contributed by atoms with Gasteiger partial charge in [0.1, 0.15) is 0 Å². The standard InChI is InChI=1S/C2H6S2Se2/c1-5-3-4-6-2/h1-2H3. The monoisotopic (exact) mass is 254 g/mol. The molecule has 38 valence electrons. The van der Waals surface area contributed by atoms with Crippen LogP contribution in [0.5, 0.6) is 0 Å². The summed E-state index contributed by atoms with van der Waals surface area (Å²) in [6.07, 6.45) is 0. The average Bonchev–Trinajstić information content (AvgIpc) is 1.61. The molecular formula is C2H6S2Se2. The van der Waals surface area contributed by atoms with E-state index in [1.165, 1.54) is 0 Å². The zero-order chi connectivity index (χ0) is 4.83. The second kappa shape index (κ2) is 6.74. The van der Waals surface area contributed by atoms with E-state index in [0.717, 1.165) is 27.7 Å². The van der Waals surface area contributed by atoms with Crippen molar-refractivity contribution in [2.75, 3.05) is 0 Å².